The number of ether oxygens (including phenoxy) is 1. The monoisotopic (exact) mass is 365 g/mol. The smallest absolute Gasteiger partial charge is 0.332 e. The van der Waals surface area contributed by atoms with Crippen molar-refractivity contribution >= 4 is 17.1 Å². The van der Waals surface area contributed by atoms with Gasteiger partial charge in [-0.05, 0) is 12.8 Å². The molecule has 9 heteroatoms. The van der Waals surface area contributed by atoms with Gasteiger partial charge in [-0.1, -0.05) is 13.8 Å². The number of methoxy groups -OCH3 is 1. The summed E-state index contributed by atoms with van der Waals surface area (Å²) in [6.07, 6.45) is 3.06. The van der Waals surface area contributed by atoms with Crippen molar-refractivity contribution < 1.29 is 9.53 Å². The van der Waals surface area contributed by atoms with Gasteiger partial charge in [-0.2, -0.15) is 0 Å². The molecular formula is C17H27N5O4. The van der Waals surface area contributed by atoms with Gasteiger partial charge in [-0.3, -0.25) is 14.2 Å². The van der Waals surface area contributed by atoms with Gasteiger partial charge in [0.25, 0.3) is 5.56 Å². The van der Waals surface area contributed by atoms with E-state index in [-0.39, 0.29) is 18.5 Å². The van der Waals surface area contributed by atoms with Crippen molar-refractivity contribution in [2.24, 2.45) is 14.1 Å². The molecule has 0 aromatic carbocycles. The highest BCUT2D eigenvalue weighted by molar-refractivity contribution is 5.77. The first-order valence-corrected chi connectivity index (χ1v) is 8.76. The quantitative estimate of drug-likeness (QED) is 0.662. The molecule has 0 unspecified atom stereocenters. The van der Waals surface area contributed by atoms with Gasteiger partial charge < -0.3 is 14.2 Å². The molecule has 2 aromatic rings. The van der Waals surface area contributed by atoms with Crippen LogP contribution < -0.4 is 11.2 Å². The topological polar surface area (TPSA) is 91.4 Å². The summed E-state index contributed by atoms with van der Waals surface area (Å²) < 4.78 is 8.93. The van der Waals surface area contributed by atoms with Crippen LogP contribution in [0.1, 0.15) is 26.7 Å². The Labute approximate surface area is 151 Å². The van der Waals surface area contributed by atoms with E-state index < -0.39 is 11.2 Å². The Morgan fingerprint density at radius 3 is 2.50 bits per heavy atom. The van der Waals surface area contributed by atoms with Gasteiger partial charge >= 0.3 is 5.69 Å². The highest BCUT2D eigenvalue weighted by atomic mass is 16.5. The van der Waals surface area contributed by atoms with Gasteiger partial charge in [0.05, 0.1) is 12.9 Å². The molecule has 1 amide bonds. The third-order valence-electron chi connectivity index (χ3n) is 4.73. The average molecular weight is 365 g/mol. The summed E-state index contributed by atoms with van der Waals surface area (Å²) in [5.74, 6) is -0.267. The van der Waals surface area contributed by atoms with Crippen molar-refractivity contribution in [3.05, 3.63) is 27.2 Å². The molecule has 0 fully saturated rings. The number of nitrogens with zero attached hydrogens (tertiary/aromatic N) is 5. The van der Waals surface area contributed by atoms with Gasteiger partial charge in [0.1, 0.15) is 6.54 Å². The third kappa shape index (κ3) is 3.57. The molecule has 0 bridgehead atoms. The Bertz CT molecular complexity index is 891. The summed E-state index contributed by atoms with van der Waals surface area (Å²) >= 11 is 0. The van der Waals surface area contributed by atoms with Crippen LogP contribution in [0.15, 0.2) is 15.9 Å². The van der Waals surface area contributed by atoms with Crippen LogP contribution in [0.25, 0.3) is 11.2 Å². The average Bonchev–Trinajstić information content (AvgIpc) is 3.02. The van der Waals surface area contributed by atoms with Crippen molar-refractivity contribution in [1.82, 2.24) is 23.6 Å². The molecule has 2 rings (SSSR count). The van der Waals surface area contributed by atoms with E-state index in [1.165, 1.54) is 10.9 Å². The van der Waals surface area contributed by atoms with E-state index in [1.807, 2.05) is 13.8 Å². The van der Waals surface area contributed by atoms with E-state index in [9.17, 15) is 14.4 Å². The summed E-state index contributed by atoms with van der Waals surface area (Å²) in [4.78, 5) is 44.0. The number of rotatable bonds is 8. The predicted molar refractivity (Wildman–Crippen MR) is 98.2 cm³/mol. The number of hydrogen-bond donors (Lipinski definition) is 0. The molecule has 2 heterocycles. The van der Waals surface area contributed by atoms with Crippen molar-refractivity contribution in [2.75, 3.05) is 20.3 Å². The first-order valence-electron chi connectivity index (χ1n) is 8.76. The zero-order valence-corrected chi connectivity index (χ0v) is 16.1. The molecule has 0 spiro atoms. The Morgan fingerprint density at radius 1 is 1.27 bits per heavy atom. The minimum Gasteiger partial charge on any atom is -0.383 e. The molecule has 0 aliphatic carbocycles. The number of imidazole rings is 1. The van der Waals surface area contributed by atoms with Crippen LogP contribution in [0.5, 0.6) is 0 Å². The van der Waals surface area contributed by atoms with Crippen molar-refractivity contribution in [2.45, 2.75) is 39.3 Å². The first kappa shape index (κ1) is 19.9. The first-order chi connectivity index (χ1) is 12.4. The lowest BCUT2D eigenvalue weighted by Crippen LogP contribution is -2.48. The lowest BCUT2D eigenvalue weighted by atomic mass is 10.1. The van der Waals surface area contributed by atoms with Crippen LogP contribution in [0.3, 0.4) is 0 Å². The molecule has 26 heavy (non-hydrogen) atoms. The fourth-order valence-corrected chi connectivity index (χ4v) is 3.19. The number of amides is 1. The Kier molecular flexibility index (Phi) is 6.36. The zero-order chi connectivity index (χ0) is 19.4. The van der Waals surface area contributed by atoms with Crippen molar-refractivity contribution in [3.63, 3.8) is 0 Å². The van der Waals surface area contributed by atoms with E-state index >= 15 is 0 Å². The number of aryl methyl sites for hydroxylation is 2. The molecule has 0 radical (unpaired) electrons. The molecule has 2 aromatic heterocycles. The molecule has 144 valence electrons. The lowest BCUT2D eigenvalue weighted by molar-refractivity contribution is -0.135. The van der Waals surface area contributed by atoms with Crippen molar-refractivity contribution in [3.8, 4) is 0 Å². The van der Waals surface area contributed by atoms with E-state index in [1.54, 1.807) is 30.7 Å². The Balaban J connectivity index is 2.45. The highest BCUT2D eigenvalue weighted by Crippen LogP contribution is 2.10. The number of hydrogen-bond acceptors (Lipinski definition) is 5. The minimum absolute atomic E-state index is 0.0395. The molecular weight excluding hydrogens is 338 g/mol. The number of fused-ring (bicyclic) bond motifs is 1. The van der Waals surface area contributed by atoms with E-state index in [0.717, 1.165) is 17.4 Å². The van der Waals surface area contributed by atoms with Gasteiger partial charge in [-0.25, -0.2) is 14.3 Å². The van der Waals surface area contributed by atoms with Crippen LogP contribution >= 0.6 is 0 Å². The summed E-state index contributed by atoms with van der Waals surface area (Å²) in [6.45, 7) is 4.54. The lowest BCUT2D eigenvalue weighted by Gasteiger charge is -2.30. The largest absolute Gasteiger partial charge is 0.383 e. The van der Waals surface area contributed by atoms with Crippen LogP contribution in [-0.4, -0.2) is 55.8 Å². The Morgan fingerprint density at radius 2 is 1.92 bits per heavy atom. The van der Waals surface area contributed by atoms with Gasteiger partial charge in [-0.15, -0.1) is 0 Å². The maximum absolute atomic E-state index is 12.9. The standard InChI is InChI=1S/C17H27N5O4/c1-6-12(7-2)21(8-9-26-5)13(23)10-22-16(24)14-15(18-11-19(14)3)20(4)17(22)25/h11-12H,6-10H2,1-5H3. The van der Waals surface area contributed by atoms with Crippen LogP contribution in [-0.2, 0) is 30.2 Å². The zero-order valence-electron chi connectivity index (χ0n) is 16.1. The molecule has 0 atom stereocenters. The normalized spacial score (nSPS) is 11.5. The SMILES string of the molecule is CCC(CC)N(CCOC)C(=O)Cn1c(=O)c2c(ncn2C)n(C)c1=O. The van der Waals surface area contributed by atoms with E-state index in [2.05, 4.69) is 4.98 Å². The van der Waals surface area contributed by atoms with Gasteiger partial charge in [0, 0.05) is 33.8 Å². The van der Waals surface area contributed by atoms with Crippen molar-refractivity contribution in [1.29, 1.82) is 0 Å². The second kappa shape index (κ2) is 8.31. The third-order valence-corrected chi connectivity index (χ3v) is 4.73. The number of carbonyl (C=O) groups is 1. The summed E-state index contributed by atoms with van der Waals surface area (Å²) in [5.41, 5.74) is -0.452. The second-order valence-corrected chi connectivity index (χ2v) is 6.31. The summed E-state index contributed by atoms with van der Waals surface area (Å²) in [7, 11) is 4.80. The molecule has 9 nitrogen and oxygen atoms in total. The number of carbonyl (C=O) groups excluding carboxylic acids is 1. The van der Waals surface area contributed by atoms with Crippen LogP contribution in [0, 0.1) is 0 Å². The second-order valence-electron chi connectivity index (χ2n) is 6.31. The maximum Gasteiger partial charge on any atom is 0.332 e. The molecule has 0 saturated heterocycles. The fourth-order valence-electron chi connectivity index (χ4n) is 3.19. The number of aromatic nitrogens is 4. The summed E-state index contributed by atoms with van der Waals surface area (Å²) in [5, 5.41) is 0. The van der Waals surface area contributed by atoms with E-state index in [0.29, 0.717) is 24.3 Å². The van der Waals surface area contributed by atoms with Crippen LogP contribution in [0.2, 0.25) is 0 Å². The van der Waals surface area contributed by atoms with Gasteiger partial charge in [0.15, 0.2) is 11.2 Å². The molecule has 0 N–H and O–H groups in total. The Hall–Kier alpha value is -2.42. The summed E-state index contributed by atoms with van der Waals surface area (Å²) in [6, 6.07) is 0.0395. The maximum atomic E-state index is 12.9. The van der Waals surface area contributed by atoms with E-state index in [4.69, 9.17) is 4.74 Å². The minimum atomic E-state index is -0.550. The predicted octanol–water partition coefficient (Wildman–Crippen LogP) is 0.0973. The highest BCUT2D eigenvalue weighted by Gasteiger charge is 2.24. The molecule has 0 saturated carbocycles. The molecule has 0 aliphatic rings. The fraction of sp³-hybridized carbons (Fsp3) is 0.647. The molecule has 0 aliphatic heterocycles. The van der Waals surface area contributed by atoms with Gasteiger partial charge in [0.2, 0.25) is 5.91 Å². The van der Waals surface area contributed by atoms with Crippen LogP contribution in [0.4, 0.5) is 0 Å².